The summed E-state index contributed by atoms with van der Waals surface area (Å²) in [7, 11) is -4.14. The molecule has 0 spiro atoms. The topological polar surface area (TPSA) is 83.7 Å². The van der Waals surface area contributed by atoms with E-state index in [1.54, 1.807) is 6.07 Å². The van der Waals surface area contributed by atoms with Gasteiger partial charge in [0, 0.05) is 43.9 Å². The molecule has 1 fully saturated rings. The van der Waals surface area contributed by atoms with Crippen LogP contribution in [0.15, 0.2) is 57.9 Å². The maximum Gasteiger partial charge on any atom is 0.292 e. The van der Waals surface area contributed by atoms with E-state index in [0.717, 1.165) is 27.6 Å². The van der Waals surface area contributed by atoms with Crippen LogP contribution in [0.4, 0.5) is 8.78 Å². The molecule has 31 heavy (non-hydrogen) atoms. The van der Waals surface area contributed by atoms with Crippen LogP contribution >= 0.6 is 0 Å². The molecule has 162 valence electrons. The van der Waals surface area contributed by atoms with E-state index in [9.17, 15) is 22.0 Å². The zero-order valence-corrected chi connectivity index (χ0v) is 17.4. The number of carbonyl (C=O) groups excluding carboxylic acids is 1. The number of aryl methyl sites for hydroxylation is 1. The number of hydrogen-bond donors (Lipinski definition) is 0. The predicted octanol–water partition coefficient (Wildman–Crippen LogP) is 3.07. The van der Waals surface area contributed by atoms with Crippen molar-refractivity contribution in [3.8, 4) is 11.3 Å². The Morgan fingerprint density at radius 3 is 2.32 bits per heavy atom. The minimum Gasteiger partial charge on any atom is -0.350 e. The third-order valence-electron chi connectivity index (χ3n) is 5.11. The van der Waals surface area contributed by atoms with Crippen molar-refractivity contribution in [3.63, 3.8) is 0 Å². The molecule has 2 heterocycles. The normalized spacial score (nSPS) is 15.3. The zero-order valence-electron chi connectivity index (χ0n) is 16.6. The molecule has 0 saturated carbocycles. The van der Waals surface area contributed by atoms with Gasteiger partial charge in [0.05, 0.1) is 0 Å². The van der Waals surface area contributed by atoms with E-state index < -0.39 is 32.5 Å². The fraction of sp³-hybridized carbons (Fsp3) is 0.238. The Kier molecular flexibility index (Phi) is 5.59. The summed E-state index contributed by atoms with van der Waals surface area (Å²) in [5, 5.41) is 3.94. The van der Waals surface area contributed by atoms with E-state index in [-0.39, 0.29) is 31.9 Å². The Balaban J connectivity index is 1.44. The quantitative estimate of drug-likeness (QED) is 0.614. The number of carbonyl (C=O) groups is 1. The summed E-state index contributed by atoms with van der Waals surface area (Å²) >= 11 is 0. The van der Waals surface area contributed by atoms with Crippen molar-refractivity contribution in [1.29, 1.82) is 0 Å². The number of nitrogens with zero attached hydrogens (tertiary/aromatic N) is 3. The molecule has 0 N–H and O–H groups in total. The number of amides is 1. The van der Waals surface area contributed by atoms with Crippen LogP contribution in [0.25, 0.3) is 11.3 Å². The summed E-state index contributed by atoms with van der Waals surface area (Å²) in [6.07, 6.45) is 0. The molecule has 2 aromatic carbocycles. The van der Waals surface area contributed by atoms with Gasteiger partial charge in [0.2, 0.25) is 15.8 Å². The van der Waals surface area contributed by atoms with E-state index in [2.05, 4.69) is 5.16 Å². The molecule has 0 unspecified atom stereocenters. The van der Waals surface area contributed by atoms with E-state index in [1.165, 1.54) is 4.90 Å². The Bertz CT molecular complexity index is 1220. The SMILES string of the molecule is Cc1ccc(-c2cc(C(=O)N3CCN(S(=O)(=O)c4ccc(F)cc4F)CC3)on2)cc1. The molecule has 0 aliphatic carbocycles. The zero-order chi connectivity index (χ0) is 22.2. The maximum atomic E-state index is 14.0. The minimum absolute atomic E-state index is 0.0240. The molecule has 0 atom stereocenters. The van der Waals surface area contributed by atoms with E-state index in [1.807, 2.05) is 31.2 Å². The highest BCUT2D eigenvalue weighted by atomic mass is 32.2. The summed E-state index contributed by atoms with van der Waals surface area (Å²) in [6, 6.07) is 11.5. The highest BCUT2D eigenvalue weighted by Crippen LogP contribution is 2.23. The first-order valence-corrected chi connectivity index (χ1v) is 11.0. The first kappa shape index (κ1) is 21.1. The lowest BCUT2D eigenvalue weighted by Gasteiger charge is -2.33. The number of rotatable bonds is 4. The Labute approximate surface area is 177 Å². The summed E-state index contributed by atoms with van der Waals surface area (Å²) in [4.78, 5) is 13.6. The highest BCUT2D eigenvalue weighted by molar-refractivity contribution is 7.89. The van der Waals surface area contributed by atoms with Gasteiger partial charge in [-0.2, -0.15) is 4.31 Å². The van der Waals surface area contributed by atoms with Gasteiger partial charge in [-0.05, 0) is 19.1 Å². The Morgan fingerprint density at radius 1 is 1.00 bits per heavy atom. The molecular formula is C21H19F2N3O4S. The van der Waals surface area contributed by atoms with Gasteiger partial charge >= 0.3 is 0 Å². The fourth-order valence-corrected chi connectivity index (χ4v) is 4.81. The number of benzene rings is 2. The van der Waals surface area contributed by atoms with E-state index in [4.69, 9.17) is 4.52 Å². The molecule has 0 bridgehead atoms. The molecule has 4 rings (SSSR count). The van der Waals surface area contributed by atoms with Crippen LogP contribution in [-0.2, 0) is 10.0 Å². The molecule has 1 aromatic heterocycles. The lowest BCUT2D eigenvalue weighted by Crippen LogP contribution is -2.50. The van der Waals surface area contributed by atoms with Gasteiger partial charge < -0.3 is 9.42 Å². The first-order valence-electron chi connectivity index (χ1n) is 9.54. The smallest absolute Gasteiger partial charge is 0.292 e. The van der Waals surface area contributed by atoms with Crippen LogP contribution in [0.2, 0.25) is 0 Å². The maximum absolute atomic E-state index is 14.0. The lowest BCUT2D eigenvalue weighted by molar-refractivity contribution is 0.0656. The second-order valence-corrected chi connectivity index (χ2v) is 9.12. The van der Waals surface area contributed by atoms with Crippen LogP contribution < -0.4 is 0 Å². The summed E-state index contributed by atoms with van der Waals surface area (Å²) in [6.45, 7) is 2.11. The third-order valence-corrected chi connectivity index (χ3v) is 7.04. The predicted molar refractivity (Wildman–Crippen MR) is 108 cm³/mol. The Hall–Kier alpha value is -3.11. The first-order chi connectivity index (χ1) is 14.8. The fourth-order valence-electron chi connectivity index (χ4n) is 3.35. The monoisotopic (exact) mass is 447 g/mol. The Morgan fingerprint density at radius 2 is 1.68 bits per heavy atom. The molecule has 1 amide bonds. The number of halogens is 2. The molecule has 10 heteroatoms. The standard InChI is InChI=1S/C21H19F2N3O4S/c1-14-2-4-15(5-3-14)18-13-19(30-24-18)21(27)25-8-10-26(11-9-25)31(28,29)20-7-6-16(22)12-17(20)23/h2-7,12-13H,8-11H2,1H3. The molecule has 1 saturated heterocycles. The van der Waals surface area contributed by atoms with Crippen molar-refractivity contribution in [3.05, 3.63) is 71.5 Å². The molecule has 1 aliphatic heterocycles. The molecule has 7 nitrogen and oxygen atoms in total. The largest absolute Gasteiger partial charge is 0.350 e. The van der Waals surface area contributed by atoms with Crippen molar-refractivity contribution in [1.82, 2.24) is 14.4 Å². The summed E-state index contributed by atoms with van der Waals surface area (Å²) < 4.78 is 58.7. The van der Waals surface area contributed by atoms with Crippen LogP contribution in [0.5, 0.6) is 0 Å². The van der Waals surface area contributed by atoms with Crippen molar-refractivity contribution in [2.24, 2.45) is 0 Å². The number of aromatic nitrogens is 1. The van der Waals surface area contributed by atoms with Crippen LogP contribution in [-0.4, -0.2) is 54.9 Å². The van der Waals surface area contributed by atoms with Crippen LogP contribution in [0.3, 0.4) is 0 Å². The number of sulfonamides is 1. The number of hydrogen-bond acceptors (Lipinski definition) is 5. The molecular weight excluding hydrogens is 428 g/mol. The third kappa shape index (κ3) is 4.21. The van der Waals surface area contributed by atoms with Gasteiger partial charge in [0.15, 0.2) is 0 Å². The minimum atomic E-state index is -4.14. The van der Waals surface area contributed by atoms with Crippen LogP contribution in [0, 0.1) is 18.6 Å². The van der Waals surface area contributed by atoms with Crippen molar-refractivity contribution in [2.45, 2.75) is 11.8 Å². The van der Waals surface area contributed by atoms with Gasteiger partial charge in [0.1, 0.15) is 22.2 Å². The van der Waals surface area contributed by atoms with Gasteiger partial charge in [-0.3, -0.25) is 4.79 Å². The van der Waals surface area contributed by atoms with Gasteiger partial charge in [-0.15, -0.1) is 0 Å². The second-order valence-electron chi connectivity index (χ2n) is 7.21. The summed E-state index contributed by atoms with van der Waals surface area (Å²) in [5.74, 6) is -2.36. The molecule has 0 radical (unpaired) electrons. The molecule has 3 aromatic rings. The van der Waals surface area contributed by atoms with Crippen molar-refractivity contribution < 1.29 is 26.5 Å². The molecule has 1 aliphatic rings. The average molecular weight is 447 g/mol. The van der Waals surface area contributed by atoms with Crippen molar-refractivity contribution >= 4 is 15.9 Å². The summed E-state index contributed by atoms with van der Waals surface area (Å²) in [5.41, 5.74) is 2.43. The van der Waals surface area contributed by atoms with Gasteiger partial charge in [-0.1, -0.05) is 35.0 Å². The lowest BCUT2D eigenvalue weighted by atomic mass is 10.1. The van der Waals surface area contributed by atoms with Gasteiger partial charge in [0.25, 0.3) is 5.91 Å². The van der Waals surface area contributed by atoms with E-state index in [0.29, 0.717) is 11.8 Å². The second kappa shape index (κ2) is 8.20. The van der Waals surface area contributed by atoms with Crippen LogP contribution in [0.1, 0.15) is 16.1 Å². The number of piperazine rings is 1. The van der Waals surface area contributed by atoms with E-state index >= 15 is 0 Å². The highest BCUT2D eigenvalue weighted by Gasteiger charge is 2.33. The average Bonchev–Trinajstić information content (AvgIpc) is 3.24. The van der Waals surface area contributed by atoms with Gasteiger partial charge in [-0.25, -0.2) is 17.2 Å². The van der Waals surface area contributed by atoms with Crippen molar-refractivity contribution in [2.75, 3.05) is 26.2 Å².